The van der Waals surface area contributed by atoms with E-state index in [1.54, 1.807) is 0 Å². The molecule has 0 radical (unpaired) electrons. The van der Waals surface area contributed by atoms with E-state index in [9.17, 15) is 9.50 Å². The van der Waals surface area contributed by atoms with Gasteiger partial charge in [0.15, 0.2) is 0 Å². The van der Waals surface area contributed by atoms with Gasteiger partial charge in [0, 0.05) is 16.1 Å². The largest absolute Gasteiger partial charge is 0.390 e. The van der Waals surface area contributed by atoms with Crippen molar-refractivity contribution in [1.29, 1.82) is 0 Å². The van der Waals surface area contributed by atoms with Crippen LogP contribution in [0.3, 0.4) is 0 Å². The molecule has 2 aromatic rings. The Labute approximate surface area is 118 Å². The van der Waals surface area contributed by atoms with Crippen molar-refractivity contribution in [3.8, 4) is 11.1 Å². The summed E-state index contributed by atoms with van der Waals surface area (Å²) in [6, 6.07) is 5.69. The average molecular weight is 307 g/mol. The van der Waals surface area contributed by atoms with Crippen molar-refractivity contribution in [2.45, 2.75) is 6.61 Å². The minimum atomic E-state index is -0.677. The third-order valence-electron chi connectivity index (χ3n) is 2.37. The monoisotopic (exact) mass is 305 g/mol. The number of aliphatic hydroxyl groups is 1. The number of aliphatic hydroxyl groups excluding tert-OH is 1. The molecule has 0 spiro atoms. The van der Waals surface area contributed by atoms with Gasteiger partial charge in [-0.2, -0.15) is 4.39 Å². The van der Waals surface area contributed by atoms with E-state index in [0.717, 1.165) is 0 Å². The molecule has 0 unspecified atom stereocenters. The Balaban J connectivity index is 2.69. The van der Waals surface area contributed by atoms with Gasteiger partial charge in [0.05, 0.1) is 22.3 Å². The van der Waals surface area contributed by atoms with E-state index in [4.69, 9.17) is 34.8 Å². The summed E-state index contributed by atoms with van der Waals surface area (Å²) in [4.78, 5) is 3.61. The van der Waals surface area contributed by atoms with Gasteiger partial charge >= 0.3 is 0 Å². The van der Waals surface area contributed by atoms with Crippen LogP contribution in [0.1, 0.15) is 5.69 Å². The summed E-state index contributed by atoms with van der Waals surface area (Å²) < 4.78 is 13.0. The lowest BCUT2D eigenvalue weighted by molar-refractivity contribution is 0.275. The van der Waals surface area contributed by atoms with Crippen molar-refractivity contribution in [2.75, 3.05) is 0 Å². The van der Waals surface area contributed by atoms with E-state index >= 15 is 0 Å². The smallest absolute Gasteiger partial charge is 0.213 e. The van der Waals surface area contributed by atoms with Crippen LogP contribution in [0.5, 0.6) is 0 Å². The van der Waals surface area contributed by atoms with E-state index in [-0.39, 0.29) is 5.69 Å². The van der Waals surface area contributed by atoms with Crippen molar-refractivity contribution in [3.63, 3.8) is 0 Å². The highest BCUT2D eigenvalue weighted by atomic mass is 35.5. The Kier molecular flexibility index (Phi) is 4.07. The predicted molar refractivity (Wildman–Crippen MR) is 70.6 cm³/mol. The van der Waals surface area contributed by atoms with Crippen LogP contribution in [-0.4, -0.2) is 10.1 Å². The molecule has 1 aromatic heterocycles. The molecule has 0 saturated carbocycles. The summed E-state index contributed by atoms with van der Waals surface area (Å²) in [7, 11) is 0. The van der Waals surface area contributed by atoms with E-state index in [2.05, 4.69) is 4.98 Å². The lowest BCUT2D eigenvalue weighted by Gasteiger charge is -2.11. The van der Waals surface area contributed by atoms with Gasteiger partial charge < -0.3 is 5.11 Å². The Morgan fingerprint density at radius 3 is 2.28 bits per heavy atom. The van der Waals surface area contributed by atoms with Crippen molar-refractivity contribution in [3.05, 3.63) is 51.0 Å². The summed E-state index contributed by atoms with van der Waals surface area (Å²) in [5.74, 6) is -0.677. The Hall–Kier alpha value is -0.870. The van der Waals surface area contributed by atoms with Crippen molar-refractivity contribution in [2.24, 2.45) is 0 Å². The fraction of sp³-hybridized carbons (Fsp3) is 0.0833. The Bertz CT molecular complexity index is 581. The molecule has 0 atom stereocenters. The Morgan fingerprint density at radius 2 is 1.72 bits per heavy atom. The van der Waals surface area contributed by atoms with Crippen molar-refractivity contribution >= 4 is 34.8 Å². The van der Waals surface area contributed by atoms with E-state index in [1.165, 1.54) is 24.3 Å². The molecule has 0 bridgehead atoms. The van der Waals surface area contributed by atoms with Crippen LogP contribution in [0.2, 0.25) is 15.1 Å². The maximum atomic E-state index is 13.0. The zero-order chi connectivity index (χ0) is 13.3. The Morgan fingerprint density at radius 1 is 1.11 bits per heavy atom. The minimum Gasteiger partial charge on any atom is -0.390 e. The highest BCUT2D eigenvalue weighted by molar-refractivity contribution is 6.41. The van der Waals surface area contributed by atoms with Crippen LogP contribution in [0.4, 0.5) is 4.39 Å². The molecule has 1 heterocycles. The first-order valence-electron chi connectivity index (χ1n) is 4.94. The first-order chi connectivity index (χ1) is 8.52. The van der Waals surface area contributed by atoms with Crippen LogP contribution in [0.15, 0.2) is 24.3 Å². The summed E-state index contributed by atoms with van der Waals surface area (Å²) >= 11 is 17.9. The SMILES string of the molecule is OCc1nc(F)ccc1-c1c(Cl)cc(Cl)cc1Cl. The number of rotatable bonds is 2. The number of hydrogen-bond donors (Lipinski definition) is 1. The number of nitrogens with zero attached hydrogens (tertiary/aromatic N) is 1. The number of halogens is 4. The normalized spacial score (nSPS) is 10.7. The zero-order valence-corrected chi connectivity index (χ0v) is 11.2. The molecule has 18 heavy (non-hydrogen) atoms. The molecule has 0 aliphatic rings. The highest BCUT2D eigenvalue weighted by Gasteiger charge is 2.15. The van der Waals surface area contributed by atoms with Crippen molar-refractivity contribution in [1.82, 2.24) is 4.98 Å². The van der Waals surface area contributed by atoms with E-state index in [0.29, 0.717) is 26.2 Å². The first-order valence-corrected chi connectivity index (χ1v) is 6.07. The third-order valence-corrected chi connectivity index (χ3v) is 3.18. The maximum Gasteiger partial charge on any atom is 0.213 e. The molecular weight excluding hydrogens is 299 g/mol. The average Bonchev–Trinajstić information content (AvgIpc) is 2.29. The number of benzene rings is 1. The number of hydrogen-bond acceptors (Lipinski definition) is 2. The molecule has 0 aliphatic carbocycles. The highest BCUT2D eigenvalue weighted by Crippen LogP contribution is 2.38. The van der Waals surface area contributed by atoms with Gasteiger partial charge in [-0.1, -0.05) is 34.8 Å². The van der Waals surface area contributed by atoms with Crippen LogP contribution in [-0.2, 0) is 6.61 Å². The quantitative estimate of drug-likeness (QED) is 0.837. The standard InChI is InChI=1S/C12H7Cl3FNO/c13-6-3-8(14)12(9(15)4-6)7-1-2-11(16)17-10(7)5-18/h1-4,18H,5H2. The number of pyridine rings is 1. The molecule has 0 amide bonds. The fourth-order valence-corrected chi connectivity index (χ4v) is 2.64. The van der Waals surface area contributed by atoms with E-state index in [1.807, 2.05) is 0 Å². The zero-order valence-electron chi connectivity index (χ0n) is 8.92. The van der Waals surface area contributed by atoms with Crippen LogP contribution in [0, 0.1) is 5.95 Å². The molecule has 1 aromatic carbocycles. The van der Waals surface area contributed by atoms with Gasteiger partial charge in [0.25, 0.3) is 0 Å². The van der Waals surface area contributed by atoms with Crippen LogP contribution < -0.4 is 0 Å². The molecule has 6 heteroatoms. The van der Waals surface area contributed by atoms with Crippen molar-refractivity contribution < 1.29 is 9.50 Å². The molecule has 2 nitrogen and oxygen atoms in total. The number of aromatic nitrogens is 1. The summed E-state index contributed by atoms with van der Waals surface area (Å²) in [5, 5.41) is 10.2. The molecule has 0 fully saturated rings. The lowest BCUT2D eigenvalue weighted by atomic mass is 10.0. The summed E-state index contributed by atoms with van der Waals surface area (Å²) in [6.07, 6.45) is 0. The second-order valence-corrected chi connectivity index (χ2v) is 4.78. The van der Waals surface area contributed by atoms with Gasteiger partial charge in [0.2, 0.25) is 5.95 Å². The second kappa shape index (κ2) is 5.41. The van der Waals surface area contributed by atoms with Gasteiger partial charge in [-0.25, -0.2) is 4.98 Å². The maximum absolute atomic E-state index is 13.0. The van der Waals surface area contributed by atoms with Gasteiger partial charge in [-0.05, 0) is 24.3 Å². The van der Waals surface area contributed by atoms with Crippen LogP contribution in [0.25, 0.3) is 11.1 Å². The predicted octanol–water partition coefficient (Wildman–Crippen LogP) is 4.34. The summed E-state index contributed by atoms with van der Waals surface area (Å²) in [5.41, 5.74) is 1.12. The van der Waals surface area contributed by atoms with Gasteiger partial charge in [-0.3, -0.25) is 0 Å². The van der Waals surface area contributed by atoms with E-state index < -0.39 is 12.6 Å². The molecule has 0 saturated heterocycles. The molecule has 0 aliphatic heterocycles. The first kappa shape index (κ1) is 13.6. The third kappa shape index (κ3) is 2.59. The van der Waals surface area contributed by atoms with Gasteiger partial charge in [-0.15, -0.1) is 0 Å². The lowest BCUT2D eigenvalue weighted by Crippen LogP contribution is -1.97. The molecule has 1 N–H and O–H groups in total. The fourth-order valence-electron chi connectivity index (χ4n) is 1.62. The topological polar surface area (TPSA) is 33.1 Å². The van der Waals surface area contributed by atoms with Crippen LogP contribution >= 0.6 is 34.8 Å². The molecule has 2 rings (SSSR count). The minimum absolute atomic E-state index is 0.168. The second-order valence-electron chi connectivity index (χ2n) is 3.53. The molecule has 94 valence electrons. The van der Waals surface area contributed by atoms with Gasteiger partial charge in [0.1, 0.15) is 0 Å². The molecular formula is C12H7Cl3FNO. The summed E-state index contributed by atoms with van der Waals surface area (Å²) in [6.45, 7) is -0.414.